The molecule has 0 heterocycles. The van der Waals surface area contributed by atoms with E-state index in [4.69, 9.17) is 11.6 Å². The van der Waals surface area contributed by atoms with E-state index in [2.05, 4.69) is 17.4 Å². The van der Waals surface area contributed by atoms with Crippen LogP contribution < -0.4 is 5.32 Å². The lowest BCUT2D eigenvalue weighted by molar-refractivity contribution is 0.243. The molecule has 2 heteroatoms. The molecule has 18 heavy (non-hydrogen) atoms. The van der Waals surface area contributed by atoms with Gasteiger partial charge in [-0.25, -0.2) is 0 Å². The first kappa shape index (κ1) is 11.2. The van der Waals surface area contributed by atoms with Crippen LogP contribution in [0.3, 0.4) is 0 Å². The van der Waals surface area contributed by atoms with Crippen molar-refractivity contribution in [3.8, 4) is 0 Å². The maximum atomic E-state index is 5.94. The van der Waals surface area contributed by atoms with E-state index in [1.807, 2.05) is 12.1 Å². The van der Waals surface area contributed by atoms with Gasteiger partial charge in [-0.2, -0.15) is 0 Å². The fourth-order valence-electron chi connectivity index (χ4n) is 4.99. The molecule has 0 saturated heterocycles. The lowest BCUT2D eigenvalue weighted by Crippen LogP contribution is -2.33. The van der Waals surface area contributed by atoms with Gasteiger partial charge in [0, 0.05) is 16.8 Å². The number of fused-ring (bicyclic) bond motifs is 5. The Morgan fingerprint density at radius 1 is 0.944 bits per heavy atom. The summed E-state index contributed by atoms with van der Waals surface area (Å²) in [5, 5.41) is 4.58. The van der Waals surface area contributed by atoms with Crippen molar-refractivity contribution in [3.05, 3.63) is 29.3 Å². The van der Waals surface area contributed by atoms with E-state index in [0.29, 0.717) is 0 Å². The van der Waals surface area contributed by atoms with Gasteiger partial charge in [0.05, 0.1) is 0 Å². The Morgan fingerprint density at radius 3 is 2.56 bits per heavy atom. The molecule has 0 aliphatic heterocycles. The third-order valence-corrected chi connectivity index (χ3v) is 5.88. The Hall–Kier alpha value is -0.690. The van der Waals surface area contributed by atoms with E-state index in [1.54, 1.807) is 0 Å². The Morgan fingerprint density at radius 2 is 1.72 bits per heavy atom. The van der Waals surface area contributed by atoms with Gasteiger partial charge in [-0.1, -0.05) is 18.0 Å². The molecule has 3 aliphatic rings. The number of nitrogens with one attached hydrogen (secondary N) is 1. The maximum absolute atomic E-state index is 5.94. The molecule has 4 rings (SSSR count). The van der Waals surface area contributed by atoms with Crippen molar-refractivity contribution in [1.29, 1.82) is 0 Å². The molecular weight excluding hydrogens is 242 g/mol. The molecule has 1 nitrogen and oxygen atoms in total. The van der Waals surface area contributed by atoms with Crippen molar-refractivity contribution in [2.24, 2.45) is 23.7 Å². The summed E-state index contributed by atoms with van der Waals surface area (Å²) in [6.07, 6.45) is 7.37. The van der Waals surface area contributed by atoms with Crippen molar-refractivity contribution < 1.29 is 0 Å². The predicted molar refractivity (Wildman–Crippen MR) is 75.9 cm³/mol. The van der Waals surface area contributed by atoms with Gasteiger partial charge in [-0.15, -0.1) is 0 Å². The minimum Gasteiger partial charge on any atom is -0.382 e. The van der Waals surface area contributed by atoms with Crippen LogP contribution in [0, 0.1) is 23.7 Å². The van der Waals surface area contributed by atoms with Crippen molar-refractivity contribution in [2.75, 3.05) is 5.32 Å². The highest BCUT2D eigenvalue weighted by atomic mass is 35.5. The van der Waals surface area contributed by atoms with Gasteiger partial charge < -0.3 is 5.32 Å². The second-order valence-electron chi connectivity index (χ2n) is 6.41. The second-order valence-corrected chi connectivity index (χ2v) is 6.85. The number of halogens is 1. The zero-order valence-corrected chi connectivity index (χ0v) is 11.4. The van der Waals surface area contributed by atoms with E-state index in [0.717, 1.165) is 34.7 Å². The van der Waals surface area contributed by atoms with Gasteiger partial charge >= 0.3 is 0 Å². The van der Waals surface area contributed by atoms with Gasteiger partial charge in [-0.05, 0) is 73.6 Å². The van der Waals surface area contributed by atoms with Gasteiger partial charge in [0.1, 0.15) is 0 Å². The van der Waals surface area contributed by atoms with Gasteiger partial charge in [0.25, 0.3) is 0 Å². The first-order valence-corrected chi connectivity index (χ1v) is 7.71. The predicted octanol–water partition coefficient (Wildman–Crippen LogP) is 4.58. The van der Waals surface area contributed by atoms with E-state index in [9.17, 15) is 0 Å². The van der Waals surface area contributed by atoms with E-state index < -0.39 is 0 Å². The fourth-order valence-corrected chi connectivity index (χ4v) is 5.12. The summed E-state index contributed by atoms with van der Waals surface area (Å²) in [5.74, 6) is 4.08. The van der Waals surface area contributed by atoms with Crippen LogP contribution in [0.25, 0.3) is 0 Å². The van der Waals surface area contributed by atoms with Gasteiger partial charge in [0.15, 0.2) is 0 Å². The van der Waals surface area contributed by atoms with Crippen LogP contribution >= 0.6 is 11.6 Å². The molecule has 96 valence electrons. The quantitative estimate of drug-likeness (QED) is 0.822. The molecule has 5 unspecified atom stereocenters. The van der Waals surface area contributed by atoms with Crippen molar-refractivity contribution in [2.45, 2.75) is 38.1 Å². The summed E-state index contributed by atoms with van der Waals surface area (Å²) < 4.78 is 0. The number of benzene rings is 1. The van der Waals surface area contributed by atoms with Crippen LogP contribution in [0.4, 0.5) is 5.69 Å². The largest absolute Gasteiger partial charge is 0.382 e. The molecule has 0 spiro atoms. The normalized spacial score (nSPS) is 41.1. The lowest BCUT2D eigenvalue weighted by Gasteiger charge is -2.32. The standard InChI is InChI=1S/C16H20ClN/c17-11-4-6-12(7-5-11)18-16-9-10-8-15(16)14-3-1-2-13(10)14/h4-7,10,13-16,18H,1-3,8-9H2. The molecular formula is C16H20ClN. The minimum atomic E-state index is 0.718. The molecule has 1 aromatic carbocycles. The van der Waals surface area contributed by atoms with Crippen LogP contribution in [0.2, 0.25) is 5.02 Å². The zero-order chi connectivity index (χ0) is 12.1. The Bertz CT molecular complexity index is 441. The third kappa shape index (κ3) is 1.67. The summed E-state index contributed by atoms with van der Waals surface area (Å²) in [6.45, 7) is 0. The molecule has 0 aromatic heterocycles. The van der Waals surface area contributed by atoms with E-state index >= 15 is 0 Å². The lowest BCUT2D eigenvalue weighted by atomic mass is 9.79. The summed E-state index contributed by atoms with van der Waals surface area (Å²) in [5.41, 5.74) is 1.24. The van der Waals surface area contributed by atoms with Gasteiger partial charge in [-0.3, -0.25) is 0 Å². The van der Waals surface area contributed by atoms with Crippen molar-refractivity contribution >= 4 is 17.3 Å². The molecule has 3 fully saturated rings. The Labute approximate surface area is 114 Å². The van der Waals surface area contributed by atoms with Crippen LogP contribution in [0.15, 0.2) is 24.3 Å². The van der Waals surface area contributed by atoms with Gasteiger partial charge in [0.2, 0.25) is 0 Å². The Kier molecular flexibility index (Phi) is 2.58. The Balaban J connectivity index is 1.49. The van der Waals surface area contributed by atoms with Crippen molar-refractivity contribution in [3.63, 3.8) is 0 Å². The topological polar surface area (TPSA) is 12.0 Å². The SMILES string of the molecule is Clc1ccc(NC2CC3CC2C2CCCC32)cc1. The molecule has 3 saturated carbocycles. The first-order chi connectivity index (χ1) is 8.81. The molecule has 2 bridgehead atoms. The summed E-state index contributed by atoms with van der Waals surface area (Å²) in [4.78, 5) is 0. The molecule has 0 amide bonds. The molecule has 1 N–H and O–H groups in total. The molecule has 1 aromatic rings. The summed E-state index contributed by atoms with van der Waals surface area (Å²) >= 11 is 5.94. The van der Waals surface area contributed by atoms with E-state index in [-0.39, 0.29) is 0 Å². The number of hydrogen-bond acceptors (Lipinski definition) is 1. The smallest absolute Gasteiger partial charge is 0.0407 e. The first-order valence-electron chi connectivity index (χ1n) is 7.33. The molecule has 3 aliphatic carbocycles. The van der Waals surface area contributed by atoms with Crippen LogP contribution in [0.1, 0.15) is 32.1 Å². The average Bonchev–Trinajstić information content (AvgIpc) is 3.03. The van der Waals surface area contributed by atoms with E-state index in [1.165, 1.54) is 37.8 Å². The fraction of sp³-hybridized carbons (Fsp3) is 0.625. The molecule has 5 atom stereocenters. The maximum Gasteiger partial charge on any atom is 0.0407 e. The highest BCUT2D eigenvalue weighted by Gasteiger charge is 2.53. The average molecular weight is 262 g/mol. The number of anilines is 1. The highest BCUT2D eigenvalue weighted by Crippen LogP contribution is 2.59. The van der Waals surface area contributed by atoms with Crippen molar-refractivity contribution in [1.82, 2.24) is 0 Å². The van der Waals surface area contributed by atoms with Crippen LogP contribution in [0.5, 0.6) is 0 Å². The second kappa shape index (κ2) is 4.16. The summed E-state index contributed by atoms with van der Waals surface area (Å²) in [6, 6.07) is 8.90. The monoisotopic (exact) mass is 261 g/mol. The number of hydrogen-bond donors (Lipinski definition) is 1. The highest BCUT2D eigenvalue weighted by molar-refractivity contribution is 6.30. The summed E-state index contributed by atoms with van der Waals surface area (Å²) in [7, 11) is 0. The number of rotatable bonds is 2. The minimum absolute atomic E-state index is 0.718. The van der Waals surface area contributed by atoms with Crippen LogP contribution in [-0.4, -0.2) is 6.04 Å². The van der Waals surface area contributed by atoms with Crippen LogP contribution in [-0.2, 0) is 0 Å². The third-order valence-electron chi connectivity index (χ3n) is 5.63. The zero-order valence-electron chi connectivity index (χ0n) is 10.6. The molecule has 0 radical (unpaired) electrons.